The molecule has 3 heterocycles. The Kier molecular flexibility index (Phi) is 3.63. The molecule has 0 radical (unpaired) electrons. The van der Waals surface area contributed by atoms with Crippen molar-refractivity contribution in [3.63, 3.8) is 0 Å². The molecule has 0 aliphatic rings. The van der Waals surface area contributed by atoms with E-state index in [1.807, 2.05) is 36.6 Å². The number of thiophene rings is 1. The second kappa shape index (κ2) is 5.79. The van der Waals surface area contributed by atoms with E-state index in [1.165, 1.54) is 0 Å². The van der Waals surface area contributed by atoms with E-state index >= 15 is 0 Å². The molecule has 0 atom stereocenters. The third-order valence-corrected chi connectivity index (χ3v) is 5.64. The van der Waals surface area contributed by atoms with Crippen LogP contribution in [-0.2, 0) is 5.75 Å². The van der Waals surface area contributed by atoms with Crippen molar-refractivity contribution in [2.45, 2.75) is 17.7 Å². The molecule has 4 aromatic rings. The maximum atomic E-state index is 11.8. The van der Waals surface area contributed by atoms with E-state index in [0.717, 1.165) is 31.8 Å². The number of aryl methyl sites for hydroxylation is 1. The highest BCUT2D eigenvalue weighted by atomic mass is 32.2. The van der Waals surface area contributed by atoms with Gasteiger partial charge >= 0.3 is 5.63 Å². The molecule has 1 aromatic carbocycles. The van der Waals surface area contributed by atoms with Gasteiger partial charge in [0.1, 0.15) is 16.9 Å². The molecule has 114 valence electrons. The topological polar surface area (TPSA) is 56.0 Å². The summed E-state index contributed by atoms with van der Waals surface area (Å²) in [6, 6.07) is 9.48. The van der Waals surface area contributed by atoms with Crippen LogP contribution in [0.1, 0.15) is 11.1 Å². The van der Waals surface area contributed by atoms with Crippen LogP contribution in [0.15, 0.2) is 56.3 Å². The molecule has 0 unspecified atom stereocenters. The summed E-state index contributed by atoms with van der Waals surface area (Å²) in [5, 5.41) is 3.93. The number of hydrogen-bond acceptors (Lipinski definition) is 6. The lowest BCUT2D eigenvalue weighted by atomic mass is 10.1. The van der Waals surface area contributed by atoms with E-state index in [1.54, 1.807) is 35.5 Å². The van der Waals surface area contributed by atoms with Crippen molar-refractivity contribution in [3.05, 3.63) is 63.6 Å². The van der Waals surface area contributed by atoms with Gasteiger partial charge in [-0.2, -0.15) is 0 Å². The molecule has 0 saturated heterocycles. The van der Waals surface area contributed by atoms with Gasteiger partial charge in [0.15, 0.2) is 0 Å². The maximum absolute atomic E-state index is 11.8. The van der Waals surface area contributed by atoms with E-state index in [4.69, 9.17) is 4.42 Å². The highest BCUT2D eigenvalue weighted by Crippen LogP contribution is 2.32. The van der Waals surface area contributed by atoms with Crippen LogP contribution >= 0.6 is 23.1 Å². The number of rotatable bonds is 3. The number of fused-ring (bicyclic) bond motifs is 2. The molecule has 4 rings (SSSR count). The Balaban J connectivity index is 1.73. The number of benzene rings is 1. The van der Waals surface area contributed by atoms with Crippen LogP contribution in [0.3, 0.4) is 0 Å². The summed E-state index contributed by atoms with van der Waals surface area (Å²) < 4.78 is 6.39. The predicted molar refractivity (Wildman–Crippen MR) is 94.2 cm³/mol. The Labute approximate surface area is 140 Å². The first kappa shape index (κ1) is 14.4. The Hall–Kier alpha value is -2.18. The van der Waals surface area contributed by atoms with Crippen molar-refractivity contribution in [2.24, 2.45) is 0 Å². The Morgan fingerprint density at radius 2 is 2.13 bits per heavy atom. The molecule has 23 heavy (non-hydrogen) atoms. The first-order chi connectivity index (χ1) is 11.2. The predicted octanol–water partition coefficient (Wildman–Crippen LogP) is 4.40. The summed E-state index contributed by atoms with van der Waals surface area (Å²) in [5.74, 6) is 0.662. The minimum absolute atomic E-state index is 0.317. The van der Waals surface area contributed by atoms with Crippen molar-refractivity contribution in [2.75, 3.05) is 0 Å². The zero-order chi connectivity index (χ0) is 15.8. The summed E-state index contributed by atoms with van der Waals surface area (Å²) in [7, 11) is 0. The SMILES string of the molecule is Cc1ccc2c(CSc3ncnc4ccsc34)cc(=O)oc2c1. The second-order valence-electron chi connectivity index (χ2n) is 5.19. The fraction of sp³-hybridized carbons (Fsp3) is 0.118. The van der Waals surface area contributed by atoms with Gasteiger partial charge in [-0.05, 0) is 35.6 Å². The van der Waals surface area contributed by atoms with Gasteiger partial charge < -0.3 is 4.42 Å². The van der Waals surface area contributed by atoms with E-state index < -0.39 is 0 Å². The van der Waals surface area contributed by atoms with Crippen molar-refractivity contribution < 1.29 is 4.42 Å². The van der Waals surface area contributed by atoms with Crippen molar-refractivity contribution >= 4 is 44.3 Å². The largest absolute Gasteiger partial charge is 0.423 e. The lowest BCUT2D eigenvalue weighted by Crippen LogP contribution is -2.00. The molecule has 0 aliphatic heterocycles. The van der Waals surface area contributed by atoms with Gasteiger partial charge in [0.2, 0.25) is 0 Å². The summed E-state index contributed by atoms with van der Waals surface area (Å²) in [6.07, 6.45) is 1.58. The van der Waals surface area contributed by atoms with Gasteiger partial charge in [-0.3, -0.25) is 0 Å². The van der Waals surface area contributed by atoms with Crippen LogP contribution in [0.4, 0.5) is 0 Å². The fourth-order valence-corrected chi connectivity index (χ4v) is 4.41. The van der Waals surface area contributed by atoms with E-state index in [-0.39, 0.29) is 5.63 Å². The van der Waals surface area contributed by atoms with E-state index in [2.05, 4.69) is 9.97 Å². The molecule has 3 aromatic heterocycles. The Bertz CT molecular complexity index is 1070. The zero-order valence-electron chi connectivity index (χ0n) is 12.3. The van der Waals surface area contributed by atoms with Gasteiger partial charge in [-0.15, -0.1) is 23.1 Å². The summed E-state index contributed by atoms with van der Waals surface area (Å²) in [5.41, 5.74) is 3.31. The average Bonchev–Trinajstić information content (AvgIpc) is 3.01. The molecule has 4 nitrogen and oxygen atoms in total. The smallest absolute Gasteiger partial charge is 0.336 e. The van der Waals surface area contributed by atoms with Crippen LogP contribution in [0.2, 0.25) is 0 Å². The molecule has 0 saturated carbocycles. The van der Waals surface area contributed by atoms with E-state index in [9.17, 15) is 4.79 Å². The van der Waals surface area contributed by atoms with Gasteiger partial charge in [-0.25, -0.2) is 14.8 Å². The molecule has 0 amide bonds. The minimum Gasteiger partial charge on any atom is -0.423 e. The van der Waals surface area contributed by atoms with Crippen LogP contribution < -0.4 is 5.63 Å². The summed E-state index contributed by atoms with van der Waals surface area (Å²) >= 11 is 3.25. The van der Waals surface area contributed by atoms with Crippen molar-refractivity contribution in [1.82, 2.24) is 9.97 Å². The molecule has 0 spiro atoms. The van der Waals surface area contributed by atoms with Gasteiger partial charge in [0, 0.05) is 17.2 Å². The molecular formula is C17H12N2O2S2. The van der Waals surface area contributed by atoms with Crippen molar-refractivity contribution in [1.29, 1.82) is 0 Å². The number of thioether (sulfide) groups is 1. The summed E-state index contributed by atoms with van der Waals surface area (Å²) in [6.45, 7) is 1.98. The highest BCUT2D eigenvalue weighted by molar-refractivity contribution is 7.98. The third-order valence-electron chi connectivity index (χ3n) is 3.56. The third kappa shape index (κ3) is 2.75. The fourth-order valence-electron chi connectivity index (χ4n) is 2.47. The van der Waals surface area contributed by atoms with Gasteiger partial charge in [-0.1, -0.05) is 12.1 Å². The number of nitrogens with zero attached hydrogens (tertiary/aromatic N) is 2. The molecular weight excluding hydrogens is 328 g/mol. The average molecular weight is 340 g/mol. The van der Waals surface area contributed by atoms with Crippen molar-refractivity contribution in [3.8, 4) is 0 Å². The number of aromatic nitrogens is 2. The monoisotopic (exact) mass is 340 g/mol. The first-order valence-corrected chi connectivity index (χ1v) is 8.91. The van der Waals surface area contributed by atoms with E-state index in [0.29, 0.717) is 11.3 Å². The van der Waals surface area contributed by atoms with Crippen LogP contribution in [0.25, 0.3) is 21.2 Å². The standard InChI is InChI=1S/C17H12N2O2S2/c1-10-2-3-12-11(7-15(20)21-14(12)6-10)8-23-17-16-13(4-5-22-16)18-9-19-17/h2-7,9H,8H2,1H3. The van der Waals surface area contributed by atoms with Crippen LogP contribution in [0.5, 0.6) is 0 Å². The maximum Gasteiger partial charge on any atom is 0.336 e. The Morgan fingerprint density at radius 1 is 1.22 bits per heavy atom. The molecule has 0 fully saturated rings. The highest BCUT2D eigenvalue weighted by Gasteiger charge is 2.10. The quantitative estimate of drug-likeness (QED) is 0.314. The lowest BCUT2D eigenvalue weighted by molar-refractivity contribution is 0.559. The van der Waals surface area contributed by atoms with Crippen LogP contribution in [-0.4, -0.2) is 9.97 Å². The number of hydrogen-bond donors (Lipinski definition) is 0. The minimum atomic E-state index is -0.317. The first-order valence-electron chi connectivity index (χ1n) is 7.05. The normalized spacial score (nSPS) is 11.3. The lowest BCUT2D eigenvalue weighted by Gasteiger charge is -2.06. The zero-order valence-corrected chi connectivity index (χ0v) is 13.9. The van der Waals surface area contributed by atoms with Gasteiger partial charge in [0.05, 0.1) is 10.2 Å². The molecule has 0 aliphatic carbocycles. The molecule has 0 N–H and O–H groups in total. The summed E-state index contributed by atoms with van der Waals surface area (Å²) in [4.78, 5) is 20.4. The Morgan fingerprint density at radius 3 is 3.04 bits per heavy atom. The second-order valence-corrected chi connectivity index (χ2v) is 7.07. The van der Waals surface area contributed by atoms with Gasteiger partial charge in [0.25, 0.3) is 0 Å². The molecule has 6 heteroatoms. The van der Waals surface area contributed by atoms with Crippen LogP contribution in [0, 0.1) is 6.92 Å². The molecule has 0 bridgehead atoms.